The van der Waals surface area contributed by atoms with E-state index >= 15 is 0 Å². The van der Waals surface area contributed by atoms with Gasteiger partial charge in [0.25, 0.3) is 0 Å². The Labute approximate surface area is 110 Å². The second-order valence-corrected chi connectivity index (χ2v) is 5.57. The van der Waals surface area contributed by atoms with Crippen molar-refractivity contribution in [3.05, 3.63) is 24.2 Å². The lowest BCUT2D eigenvalue weighted by molar-refractivity contribution is 0.396. The van der Waals surface area contributed by atoms with Crippen LogP contribution in [0.2, 0.25) is 0 Å². The molecule has 1 N–H and O–H groups in total. The molecule has 0 saturated carbocycles. The zero-order chi connectivity index (χ0) is 12.5. The van der Waals surface area contributed by atoms with Crippen molar-refractivity contribution >= 4 is 11.8 Å². The number of furan rings is 1. The maximum Gasteiger partial charge on any atom is 0.113 e. The minimum absolute atomic E-state index is 0.625. The van der Waals surface area contributed by atoms with Gasteiger partial charge in [-0.1, -0.05) is 27.2 Å². The van der Waals surface area contributed by atoms with Crippen LogP contribution in [-0.2, 0) is 5.75 Å². The van der Waals surface area contributed by atoms with Gasteiger partial charge in [-0.2, -0.15) is 11.8 Å². The zero-order valence-electron chi connectivity index (χ0n) is 11.2. The minimum atomic E-state index is 0.625. The minimum Gasteiger partial charge on any atom is -0.468 e. The van der Waals surface area contributed by atoms with Crippen LogP contribution in [0.1, 0.15) is 39.4 Å². The lowest BCUT2D eigenvalue weighted by Gasteiger charge is -2.23. The van der Waals surface area contributed by atoms with Crippen LogP contribution in [0.5, 0.6) is 0 Å². The van der Waals surface area contributed by atoms with E-state index in [0.717, 1.165) is 29.7 Å². The molecular formula is C14H25NOS. The number of thioether (sulfide) groups is 1. The zero-order valence-corrected chi connectivity index (χ0v) is 12.1. The second-order valence-electron chi connectivity index (χ2n) is 4.54. The van der Waals surface area contributed by atoms with E-state index < -0.39 is 0 Å². The molecule has 0 bridgehead atoms. The molecule has 2 nitrogen and oxygen atoms in total. The normalized spacial score (nSPS) is 14.8. The third kappa shape index (κ3) is 5.64. The van der Waals surface area contributed by atoms with Crippen LogP contribution in [0.15, 0.2) is 22.8 Å². The van der Waals surface area contributed by atoms with Gasteiger partial charge in [-0.3, -0.25) is 0 Å². The molecular weight excluding hydrogens is 230 g/mol. The van der Waals surface area contributed by atoms with Crippen LogP contribution in [0.4, 0.5) is 0 Å². The van der Waals surface area contributed by atoms with Crippen LogP contribution >= 0.6 is 11.8 Å². The quantitative estimate of drug-likeness (QED) is 0.724. The second kappa shape index (κ2) is 8.65. The molecule has 0 fully saturated rings. The monoisotopic (exact) mass is 255 g/mol. The molecule has 0 aliphatic carbocycles. The molecule has 3 heteroatoms. The van der Waals surface area contributed by atoms with Crippen LogP contribution < -0.4 is 5.32 Å². The Morgan fingerprint density at radius 1 is 1.41 bits per heavy atom. The van der Waals surface area contributed by atoms with Crippen LogP contribution in [-0.4, -0.2) is 18.3 Å². The molecule has 0 amide bonds. The molecule has 0 saturated heterocycles. The summed E-state index contributed by atoms with van der Waals surface area (Å²) in [4.78, 5) is 0. The lowest BCUT2D eigenvalue weighted by atomic mass is 10.0. The smallest absolute Gasteiger partial charge is 0.113 e. The third-order valence-corrected chi connectivity index (χ3v) is 4.19. The first-order valence-electron chi connectivity index (χ1n) is 6.61. The van der Waals surface area contributed by atoms with Gasteiger partial charge in [-0.25, -0.2) is 0 Å². The van der Waals surface area contributed by atoms with Gasteiger partial charge in [-0.05, 0) is 31.0 Å². The number of hydrogen-bond donors (Lipinski definition) is 1. The molecule has 0 radical (unpaired) electrons. The van der Waals surface area contributed by atoms with E-state index in [1.807, 2.05) is 23.9 Å². The van der Waals surface area contributed by atoms with Gasteiger partial charge in [0.2, 0.25) is 0 Å². The summed E-state index contributed by atoms with van der Waals surface area (Å²) in [5.41, 5.74) is 0. The van der Waals surface area contributed by atoms with E-state index in [9.17, 15) is 0 Å². The van der Waals surface area contributed by atoms with Gasteiger partial charge in [0.1, 0.15) is 5.76 Å². The van der Waals surface area contributed by atoms with Gasteiger partial charge in [-0.15, -0.1) is 0 Å². The van der Waals surface area contributed by atoms with Crippen molar-refractivity contribution < 1.29 is 4.42 Å². The maximum absolute atomic E-state index is 5.34. The maximum atomic E-state index is 5.34. The van der Waals surface area contributed by atoms with E-state index in [4.69, 9.17) is 4.42 Å². The number of rotatable bonds is 9. The Bertz CT molecular complexity index is 274. The largest absolute Gasteiger partial charge is 0.468 e. The number of nitrogens with one attached hydrogen (secondary N) is 1. The van der Waals surface area contributed by atoms with Crippen molar-refractivity contribution in [3.8, 4) is 0 Å². The summed E-state index contributed by atoms with van der Waals surface area (Å²) in [7, 11) is 0. The van der Waals surface area contributed by atoms with Gasteiger partial charge in [0.05, 0.1) is 12.0 Å². The highest BCUT2D eigenvalue weighted by Gasteiger charge is 2.14. The Balaban J connectivity index is 2.27. The molecule has 98 valence electrons. The van der Waals surface area contributed by atoms with Gasteiger partial charge in [0.15, 0.2) is 0 Å². The molecule has 1 heterocycles. The van der Waals surface area contributed by atoms with E-state index in [-0.39, 0.29) is 0 Å². The first kappa shape index (κ1) is 14.7. The highest BCUT2D eigenvalue weighted by molar-refractivity contribution is 7.98. The van der Waals surface area contributed by atoms with Crippen molar-refractivity contribution in [1.29, 1.82) is 0 Å². The van der Waals surface area contributed by atoms with Crippen LogP contribution in [0, 0.1) is 5.92 Å². The molecule has 2 atom stereocenters. The Morgan fingerprint density at radius 3 is 2.82 bits per heavy atom. The first-order valence-corrected chi connectivity index (χ1v) is 7.76. The van der Waals surface area contributed by atoms with E-state index in [2.05, 4.69) is 26.1 Å². The fourth-order valence-corrected chi connectivity index (χ4v) is 2.90. The van der Waals surface area contributed by atoms with Crippen molar-refractivity contribution in [1.82, 2.24) is 5.32 Å². The van der Waals surface area contributed by atoms with Gasteiger partial charge in [0, 0.05) is 11.8 Å². The van der Waals surface area contributed by atoms with Crippen molar-refractivity contribution in [2.45, 2.75) is 45.4 Å². The molecule has 0 aliphatic rings. The van der Waals surface area contributed by atoms with Gasteiger partial charge >= 0.3 is 0 Å². The summed E-state index contributed by atoms with van der Waals surface area (Å²) in [6.07, 6.45) is 4.19. The average Bonchev–Trinajstić information content (AvgIpc) is 2.85. The van der Waals surface area contributed by atoms with Crippen molar-refractivity contribution in [2.75, 3.05) is 12.3 Å². The topological polar surface area (TPSA) is 25.2 Å². The third-order valence-electron chi connectivity index (χ3n) is 3.11. The fraction of sp³-hybridized carbons (Fsp3) is 0.714. The molecule has 0 aliphatic heterocycles. The predicted octanol–water partition coefficient (Wildman–Crippen LogP) is 3.93. The van der Waals surface area contributed by atoms with E-state index in [1.54, 1.807) is 6.26 Å². The molecule has 17 heavy (non-hydrogen) atoms. The Hall–Kier alpha value is -0.410. The summed E-state index contributed by atoms with van der Waals surface area (Å²) in [6, 6.07) is 4.63. The Morgan fingerprint density at radius 2 is 2.24 bits per heavy atom. The summed E-state index contributed by atoms with van der Waals surface area (Å²) in [6.45, 7) is 7.94. The van der Waals surface area contributed by atoms with E-state index in [0.29, 0.717) is 6.04 Å². The summed E-state index contributed by atoms with van der Waals surface area (Å²) in [5.74, 6) is 3.96. The molecule has 0 aromatic carbocycles. The Kier molecular flexibility index (Phi) is 7.45. The lowest BCUT2D eigenvalue weighted by Crippen LogP contribution is -2.37. The summed E-state index contributed by atoms with van der Waals surface area (Å²) >= 11 is 1.96. The highest BCUT2D eigenvalue weighted by atomic mass is 32.2. The molecule has 0 spiro atoms. The molecule has 1 aromatic heterocycles. The SMILES string of the molecule is CCCNC(CSCc1ccco1)C(C)CC. The average molecular weight is 255 g/mol. The van der Waals surface area contributed by atoms with Crippen molar-refractivity contribution in [3.63, 3.8) is 0 Å². The predicted molar refractivity (Wildman–Crippen MR) is 76.4 cm³/mol. The molecule has 2 unspecified atom stereocenters. The fourth-order valence-electron chi connectivity index (χ4n) is 1.72. The highest BCUT2D eigenvalue weighted by Crippen LogP contribution is 2.18. The van der Waals surface area contributed by atoms with E-state index in [1.165, 1.54) is 12.8 Å². The van der Waals surface area contributed by atoms with Gasteiger partial charge < -0.3 is 9.73 Å². The molecule has 1 aromatic rings. The number of hydrogen-bond acceptors (Lipinski definition) is 3. The summed E-state index contributed by atoms with van der Waals surface area (Å²) < 4.78 is 5.34. The first-order chi connectivity index (χ1) is 8.27. The van der Waals surface area contributed by atoms with Crippen LogP contribution in [0.25, 0.3) is 0 Å². The molecule has 1 rings (SSSR count). The standard InChI is InChI=1S/C14H25NOS/c1-4-8-15-14(12(3)5-2)11-17-10-13-7-6-9-16-13/h6-7,9,12,14-15H,4-5,8,10-11H2,1-3H3. The van der Waals surface area contributed by atoms with Crippen LogP contribution in [0.3, 0.4) is 0 Å². The summed E-state index contributed by atoms with van der Waals surface area (Å²) in [5, 5.41) is 3.65. The van der Waals surface area contributed by atoms with Crippen molar-refractivity contribution in [2.24, 2.45) is 5.92 Å².